The Morgan fingerprint density at radius 1 is 1.36 bits per heavy atom. The van der Waals surface area contributed by atoms with Crippen LogP contribution in [0.5, 0.6) is 5.88 Å². The highest BCUT2D eigenvalue weighted by molar-refractivity contribution is 5.94. The molecule has 0 unspecified atom stereocenters. The molecule has 8 heteroatoms. The van der Waals surface area contributed by atoms with Gasteiger partial charge in [0.15, 0.2) is 5.65 Å². The molecule has 8 nitrogen and oxygen atoms in total. The second-order valence-corrected chi connectivity index (χ2v) is 6.30. The summed E-state index contributed by atoms with van der Waals surface area (Å²) >= 11 is 0. The molecule has 25 heavy (non-hydrogen) atoms. The van der Waals surface area contributed by atoms with Crippen LogP contribution in [0, 0.1) is 6.92 Å². The van der Waals surface area contributed by atoms with Gasteiger partial charge >= 0.3 is 0 Å². The summed E-state index contributed by atoms with van der Waals surface area (Å²) in [5.74, 6) is 0.722. The van der Waals surface area contributed by atoms with Crippen molar-refractivity contribution in [2.24, 2.45) is 7.05 Å². The van der Waals surface area contributed by atoms with Crippen LogP contribution < -0.4 is 4.74 Å². The molecule has 0 bridgehead atoms. The average molecular weight is 340 g/mol. The maximum atomic E-state index is 13.1. The average Bonchev–Trinajstić information content (AvgIpc) is 3.31. The lowest BCUT2D eigenvalue weighted by Crippen LogP contribution is -2.31. The van der Waals surface area contributed by atoms with Gasteiger partial charge in [0.1, 0.15) is 6.33 Å². The van der Waals surface area contributed by atoms with Crippen LogP contribution in [-0.2, 0) is 7.05 Å². The molecule has 0 spiro atoms. The maximum absolute atomic E-state index is 13.1. The van der Waals surface area contributed by atoms with Gasteiger partial charge in [-0.15, -0.1) is 10.2 Å². The zero-order chi connectivity index (χ0) is 17.6. The molecule has 0 aromatic carbocycles. The molecule has 3 aromatic rings. The number of likely N-dealkylation sites (tertiary alicyclic amines) is 1. The summed E-state index contributed by atoms with van der Waals surface area (Å²) in [4.78, 5) is 15.0. The molecule has 0 radical (unpaired) electrons. The van der Waals surface area contributed by atoms with Gasteiger partial charge in [0.2, 0.25) is 5.88 Å². The molecule has 4 heterocycles. The van der Waals surface area contributed by atoms with E-state index in [1.807, 2.05) is 18.9 Å². The predicted octanol–water partition coefficient (Wildman–Crippen LogP) is 1.76. The van der Waals surface area contributed by atoms with E-state index in [0.717, 1.165) is 42.2 Å². The maximum Gasteiger partial charge on any atom is 0.255 e. The van der Waals surface area contributed by atoms with E-state index in [4.69, 9.17) is 4.74 Å². The summed E-state index contributed by atoms with van der Waals surface area (Å²) in [6, 6.07) is 3.59. The Labute approximate surface area is 145 Å². The molecule has 1 saturated heterocycles. The third kappa shape index (κ3) is 2.45. The summed E-state index contributed by atoms with van der Waals surface area (Å²) in [5.41, 5.74) is 3.25. The lowest BCUT2D eigenvalue weighted by molar-refractivity contribution is 0.0733. The number of carbonyl (C=O) groups excluding carboxylic acids is 1. The minimum absolute atomic E-state index is 0.00315. The van der Waals surface area contributed by atoms with E-state index in [2.05, 4.69) is 15.3 Å². The van der Waals surface area contributed by atoms with Crippen molar-refractivity contribution in [3.8, 4) is 5.88 Å². The normalized spacial score (nSPS) is 17.4. The first-order valence-electron chi connectivity index (χ1n) is 8.28. The second kappa shape index (κ2) is 5.87. The molecule has 0 saturated carbocycles. The number of nitrogens with zero attached hydrogens (tertiary/aromatic N) is 6. The Kier molecular flexibility index (Phi) is 3.67. The van der Waals surface area contributed by atoms with Crippen molar-refractivity contribution in [1.82, 2.24) is 29.3 Å². The molecular formula is C17H20N6O2. The lowest BCUT2D eigenvalue weighted by Gasteiger charge is -2.25. The first kappa shape index (κ1) is 15.6. The van der Waals surface area contributed by atoms with Crippen molar-refractivity contribution in [3.05, 3.63) is 41.5 Å². The molecular weight excluding hydrogens is 320 g/mol. The largest absolute Gasteiger partial charge is 0.481 e. The number of pyridine rings is 1. The number of aryl methyl sites for hydroxylation is 2. The topological polar surface area (TPSA) is 77.6 Å². The van der Waals surface area contributed by atoms with Crippen LogP contribution in [0.4, 0.5) is 0 Å². The van der Waals surface area contributed by atoms with Crippen LogP contribution in [0.3, 0.4) is 0 Å². The monoisotopic (exact) mass is 340 g/mol. The van der Waals surface area contributed by atoms with Crippen molar-refractivity contribution in [1.29, 1.82) is 0 Å². The molecule has 3 aromatic heterocycles. The lowest BCUT2D eigenvalue weighted by atomic mass is 10.0. The number of hydrogen-bond donors (Lipinski definition) is 0. The van der Waals surface area contributed by atoms with E-state index < -0.39 is 0 Å². The first-order chi connectivity index (χ1) is 12.1. The van der Waals surface area contributed by atoms with E-state index in [-0.39, 0.29) is 11.9 Å². The molecule has 0 N–H and O–H groups in total. The van der Waals surface area contributed by atoms with E-state index in [1.54, 1.807) is 40.8 Å². The Hall–Kier alpha value is -2.90. The van der Waals surface area contributed by atoms with Gasteiger partial charge in [-0.25, -0.2) is 4.68 Å². The van der Waals surface area contributed by atoms with E-state index in [0.29, 0.717) is 5.56 Å². The Morgan fingerprint density at radius 2 is 2.20 bits per heavy atom. The number of ether oxygens (including phenoxy) is 1. The zero-order valence-corrected chi connectivity index (χ0v) is 14.5. The third-order valence-corrected chi connectivity index (χ3v) is 4.79. The van der Waals surface area contributed by atoms with Crippen molar-refractivity contribution in [2.75, 3.05) is 13.7 Å². The number of methoxy groups -OCH3 is 1. The molecule has 130 valence electrons. The van der Waals surface area contributed by atoms with Gasteiger partial charge in [-0.05, 0) is 31.9 Å². The van der Waals surface area contributed by atoms with Crippen molar-refractivity contribution < 1.29 is 9.53 Å². The van der Waals surface area contributed by atoms with Crippen LogP contribution in [0.25, 0.3) is 5.65 Å². The minimum atomic E-state index is -0.0206. The van der Waals surface area contributed by atoms with Gasteiger partial charge in [-0.2, -0.15) is 5.10 Å². The van der Waals surface area contributed by atoms with Gasteiger partial charge in [0, 0.05) is 19.8 Å². The Morgan fingerprint density at radius 3 is 3.00 bits per heavy atom. The molecule has 0 aliphatic carbocycles. The van der Waals surface area contributed by atoms with Gasteiger partial charge in [-0.1, -0.05) is 0 Å². The number of fused-ring (bicyclic) bond motifs is 1. The molecule has 1 aliphatic rings. The highest BCUT2D eigenvalue weighted by Crippen LogP contribution is 2.39. The van der Waals surface area contributed by atoms with Crippen molar-refractivity contribution >= 4 is 11.6 Å². The van der Waals surface area contributed by atoms with Crippen LogP contribution in [0.15, 0.2) is 24.7 Å². The second-order valence-electron chi connectivity index (χ2n) is 6.30. The molecule has 1 atom stereocenters. The summed E-state index contributed by atoms with van der Waals surface area (Å²) in [5, 5.41) is 12.3. The number of aromatic nitrogens is 5. The highest BCUT2D eigenvalue weighted by atomic mass is 16.5. The number of amides is 1. The number of hydrogen-bond acceptors (Lipinski definition) is 5. The van der Waals surface area contributed by atoms with Crippen molar-refractivity contribution in [2.45, 2.75) is 25.8 Å². The fraction of sp³-hybridized carbons (Fsp3) is 0.412. The zero-order valence-electron chi connectivity index (χ0n) is 14.5. The van der Waals surface area contributed by atoms with E-state index >= 15 is 0 Å². The third-order valence-electron chi connectivity index (χ3n) is 4.79. The van der Waals surface area contributed by atoms with Gasteiger partial charge in [-0.3, -0.25) is 9.20 Å². The first-order valence-corrected chi connectivity index (χ1v) is 8.28. The van der Waals surface area contributed by atoms with Gasteiger partial charge in [0.25, 0.3) is 5.91 Å². The molecule has 1 fully saturated rings. The Bertz CT molecular complexity index is 944. The van der Waals surface area contributed by atoms with E-state index in [1.165, 1.54) is 0 Å². The standard InChI is InChI=1S/C17H20N6O2/c1-11-15(17(25-3)21(2)20-11)13-5-4-8-23(13)16(24)12-6-7-14-19-18-10-22(14)9-12/h6-7,9-10,13H,4-5,8H2,1-3H3/t13-/m0/s1. The van der Waals surface area contributed by atoms with Crippen LogP contribution in [0.1, 0.15) is 40.5 Å². The SMILES string of the molecule is COc1c([C@@H]2CCCN2C(=O)c2ccc3nncn3c2)c(C)nn1C. The van der Waals surface area contributed by atoms with Crippen LogP contribution in [0.2, 0.25) is 0 Å². The van der Waals surface area contributed by atoms with Crippen LogP contribution >= 0.6 is 0 Å². The summed E-state index contributed by atoms with van der Waals surface area (Å²) in [6.07, 6.45) is 5.24. The number of carbonyl (C=O) groups is 1. The molecule has 1 amide bonds. The highest BCUT2D eigenvalue weighted by Gasteiger charge is 2.35. The summed E-state index contributed by atoms with van der Waals surface area (Å²) in [7, 11) is 3.50. The van der Waals surface area contributed by atoms with Gasteiger partial charge < -0.3 is 9.64 Å². The summed E-state index contributed by atoms with van der Waals surface area (Å²) in [6.45, 7) is 2.68. The van der Waals surface area contributed by atoms with Crippen LogP contribution in [-0.4, -0.2) is 48.8 Å². The molecule has 4 rings (SSSR count). The predicted molar refractivity (Wildman–Crippen MR) is 90.5 cm³/mol. The molecule has 1 aliphatic heterocycles. The number of rotatable bonds is 3. The quantitative estimate of drug-likeness (QED) is 0.726. The minimum Gasteiger partial charge on any atom is -0.481 e. The van der Waals surface area contributed by atoms with Crippen molar-refractivity contribution in [3.63, 3.8) is 0 Å². The fourth-order valence-electron chi connectivity index (χ4n) is 3.71. The Balaban J connectivity index is 1.70. The smallest absolute Gasteiger partial charge is 0.255 e. The fourth-order valence-corrected chi connectivity index (χ4v) is 3.71. The van der Waals surface area contributed by atoms with E-state index in [9.17, 15) is 4.79 Å². The van der Waals surface area contributed by atoms with Gasteiger partial charge in [0.05, 0.1) is 30.0 Å². The summed E-state index contributed by atoms with van der Waals surface area (Å²) < 4.78 is 9.02.